The molecule has 0 saturated heterocycles. The Morgan fingerprint density at radius 1 is 1.64 bits per heavy atom. The van der Waals surface area contributed by atoms with E-state index in [0.29, 0.717) is 6.61 Å². The van der Waals surface area contributed by atoms with Crippen molar-refractivity contribution in [2.24, 2.45) is 4.99 Å². The van der Waals surface area contributed by atoms with E-state index >= 15 is 0 Å². The molecule has 0 spiro atoms. The summed E-state index contributed by atoms with van der Waals surface area (Å²) in [6.45, 7) is 4.72. The molecule has 1 heterocycles. The van der Waals surface area contributed by atoms with E-state index < -0.39 is 0 Å². The molecule has 0 aliphatic carbocycles. The van der Waals surface area contributed by atoms with Gasteiger partial charge in [-0.25, -0.2) is 4.99 Å². The number of rotatable bonds is 3. The van der Waals surface area contributed by atoms with E-state index in [-0.39, 0.29) is 12.1 Å². The summed E-state index contributed by atoms with van der Waals surface area (Å²) in [6.07, 6.45) is 1.06. The molecule has 1 rings (SSSR count). The van der Waals surface area contributed by atoms with Crippen molar-refractivity contribution >= 4 is 5.90 Å². The zero-order chi connectivity index (χ0) is 8.27. The molecular formula is C8H15NO2. The number of methoxy groups -OCH3 is 1. The fraction of sp³-hybridized carbons (Fsp3) is 0.875. The Morgan fingerprint density at radius 3 is 2.82 bits per heavy atom. The first-order chi connectivity index (χ1) is 5.27. The lowest BCUT2D eigenvalue weighted by Crippen LogP contribution is -2.23. The fourth-order valence-electron chi connectivity index (χ4n) is 1.13. The van der Waals surface area contributed by atoms with E-state index in [2.05, 4.69) is 4.99 Å². The van der Waals surface area contributed by atoms with Crippen molar-refractivity contribution in [3.8, 4) is 0 Å². The maximum Gasteiger partial charge on any atom is 0.183 e. The molecule has 2 atom stereocenters. The van der Waals surface area contributed by atoms with Gasteiger partial charge >= 0.3 is 0 Å². The van der Waals surface area contributed by atoms with Crippen LogP contribution in [0.15, 0.2) is 4.99 Å². The highest BCUT2D eigenvalue weighted by molar-refractivity contribution is 5.77. The van der Waals surface area contributed by atoms with Crippen LogP contribution < -0.4 is 0 Å². The lowest BCUT2D eigenvalue weighted by atomic mass is 10.2. The Kier molecular flexibility index (Phi) is 2.88. The van der Waals surface area contributed by atoms with Gasteiger partial charge in [0, 0.05) is 13.5 Å². The summed E-state index contributed by atoms with van der Waals surface area (Å²) in [6, 6.07) is 0.204. The molecule has 0 aromatic rings. The Hall–Kier alpha value is -0.570. The second-order valence-corrected chi connectivity index (χ2v) is 2.72. The van der Waals surface area contributed by atoms with Crippen molar-refractivity contribution in [1.82, 2.24) is 0 Å². The van der Waals surface area contributed by atoms with Gasteiger partial charge in [0.05, 0.1) is 6.61 Å². The Balaban J connectivity index is 2.46. The van der Waals surface area contributed by atoms with Gasteiger partial charge in [0.15, 0.2) is 5.90 Å². The van der Waals surface area contributed by atoms with Crippen LogP contribution in [0.1, 0.15) is 20.3 Å². The summed E-state index contributed by atoms with van der Waals surface area (Å²) in [5.74, 6) is 0.861. The van der Waals surface area contributed by atoms with E-state index in [0.717, 1.165) is 12.3 Å². The summed E-state index contributed by atoms with van der Waals surface area (Å²) in [4.78, 5) is 4.35. The minimum Gasteiger partial charge on any atom is -0.476 e. The number of nitrogens with zero attached hydrogens (tertiary/aromatic N) is 1. The predicted molar refractivity (Wildman–Crippen MR) is 43.9 cm³/mol. The molecule has 0 aromatic heterocycles. The van der Waals surface area contributed by atoms with Gasteiger partial charge in [-0.15, -0.1) is 0 Å². The minimum absolute atomic E-state index is 0.185. The zero-order valence-electron chi connectivity index (χ0n) is 7.33. The highest BCUT2D eigenvalue weighted by Crippen LogP contribution is 2.14. The largest absolute Gasteiger partial charge is 0.476 e. The molecule has 0 bridgehead atoms. The third kappa shape index (κ3) is 1.93. The average Bonchev–Trinajstić information content (AvgIpc) is 2.33. The molecule has 3 heteroatoms. The van der Waals surface area contributed by atoms with Gasteiger partial charge in [0.2, 0.25) is 0 Å². The predicted octanol–water partition coefficient (Wildman–Crippen LogP) is 1.23. The van der Waals surface area contributed by atoms with E-state index in [1.54, 1.807) is 7.11 Å². The van der Waals surface area contributed by atoms with Gasteiger partial charge in [0.1, 0.15) is 12.1 Å². The maximum atomic E-state index is 5.45. The standard InChI is InChI=1S/C8H15NO2/c1-4-8-9-7(5-10-3)6(2)11-8/h6-7H,4-5H2,1-3H3/t6-,7-/m0/s1. The second-order valence-electron chi connectivity index (χ2n) is 2.72. The summed E-state index contributed by atoms with van der Waals surface area (Å²) in [7, 11) is 1.69. The lowest BCUT2D eigenvalue weighted by molar-refractivity contribution is 0.128. The normalized spacial score (nSPS) is 29.9. The Bertz CT molecular complexity index is 156. The molecule has 0 aromatic carbocycles. The van der Waals surface area contributed by atoms with Crippen LogP contribution >= 0.6 is 0 Å². The molecule has 0 unspecified atom stereocenters. The average molecular weight is 157 g/mol. The molecule has 0 radical (unpaired) electrons. The van der Waals surface area contributed by atoms with Crippen molar-refractivity contribution in [1.29, 1.82) is 0 Å². The van der Waals surface area contributed by atoms with Gasteiger partial charge in [-0.05, 0) is 6.92 Å². The summed E-state index contributed by atoms with van der Waals surface area (Å²) in [5, 5.41) is 0. The molecule has 11 heavy (non-hydrogen) atoms. The van der Waals surface area contributed by atoms with Crippen LogP contribution in [0, 0.1) is 0 Å². The number of ether oxygens (including phenoxy) is 2. The number of hydrogen-bond donors (Lipinski definition) is 0. The minimum atomic E-state index is 0.185. The third-order valence-corrected chi connectivity index (χ3v) is 1.81. The molecule has 0 saturated carbocycles. The molecule has 1 aliphatic rings. The van der Waals surface area contributed by atoms with Crippen LogP contribution in [0.3, 0.4) is 0 Å². The molecule has 0 amide bonds. The van der Waals surface area contributed by atoms with Gasteiger partial charge in [-0.1, -0.05) is 6.92 Å². The third-order valence-electron chi connectivity index (χ3n) is 1.81. The molecule has 1 aliphatic heterocycles. The first kappa shape index (κ1) is 8.53. The summed E-state index contributed by atoms with van der Waals surface area (Å²) < 4.78 is 10.4. The topological polar surface area (TPSA) is 30.8 Å². The summed E-state index contributed by atoms with van der Waals surface area (Å²) >= 11 is 0. The van der Waals surface area contributed by atoms with Crippen LogP contribution in [0.4, 0.5) is 0 Å². The van der Waals surface area contributed by atoms with E-state index in [1.807, 2.05) is 13.8 Å². The Morgan fingerprint density at radius 2 is 2.36 bits per heavy atom. The van der Waals surface area contributed by atoms with Crippen molar-refractivity contribution in [3.63, 3.8) is 0 Å². The van der Waals surface area contributed by atoms with E-state index in [1.165, 1.54) is 0 Å². The fourth-order valence-corrected chi connectivity index (χ4v) is 1.13. The van der Waals surface area contributed by atoms with Crippen molar-refractivity contribution in [2.75, 3.05) is 13.7 Å². The van der Waals surface area contributed by atoms with Crippen LogP contribution in [0.2, 0.25) is 0 Å². The maximum absolute atomic E-state index is 5.45. The second kappa shape index (κ2) is 3.72. The highest BCUT2D eigenvalue weighted by atomic mass is 16.5. The first-order valence-corrected chi connectivity index (χ1v) is 4.00. The van der Waals surface area contributed by atoms with E-state index in [9.17, 15) is 0 Å². The van der Waals surface area contributed by atoms with Crippen LogP contribution in [-0.2, 0) is 9.47 Å². The van der Waals surface area contributed by atoms with Crippen LogP contribution in [0.5, 0.6) is 0 Å². The van der Waals surface area contributed by atoms with Crippen molar-refractivity contribution < 1.29 is 9.47 Å². The SMILES string of the molecule is CCC1=N[C@@H](COC)[C@H](C)O1. The van der Waals surface area contributed by atoms with Gasteiger partial charge < -0.3 is 9.47 Å². The number of aliphatic imine (C=N–C) groups is 1. The smallest absolute Gasteiger partial charge is 0.183 e. The first-order valence-electron chi connectivity index (χ1n) is 4.00. The van der Waals surface area contributed by atoms with Gasteiger partial charge in [-0.2, -0.15) is 0 Å². The van der Waals surface area contributed by atoms with Crippen molar-refractivity contribution in [3.05, 3.63) is 0 Å². The number of hydrogen-bond acceptors (Lipinski definition) is 3. The zero-order valence-corrected chi connectivity index (χ0v) is 7.33. The molecule has 3 nitrogen and oxygen atoms in total. The van der Waals surface area contributed by atoms with Crippen molar-refractivity contribution in [2.45, 2.75) is 32.4 Å². The van der Waals surface area contributed by atoms with Crippen LogP contribution in [-0.4, -0.2) is 31.8 Å². The Labute approximate surface area is 67.4 Å². The molecule has 0 fully saturated rings. The van der Waals surface area contributed by atoms with Crippen LogP contribution in [0.25, 0.3) is 0 Å². The highest BCUT2D eigenvalue weighted by Gasteiger charge is 2.25. The molecule has 64 valence electrons. The molecule has 0 N–H and O–H groups in total. The van der Waals surface area contributed by atoms with Gasteiger partial charge in [0.25, 0.3) is 0 Å². The monoisotopic (exact) mass is 157 g/mol. The summed E-state index contributed by atoms with van der Waals surface area (Å²) in [5.41, 5.74) is 0. The van der Waals surface area contributed by atoms with Gasteiger partial charge in [-0.3, -0.25) is 0 Å². The molecular weight excluding hydrogens is 142 g/mol. The van der Waals surface area contributed by atoms with E-state index in [4.69, 9.17) is 9.47 Å². The quantitative estimate of drug-likeness (QED) is 0.617. The lowest BCUT2D eigenvalue weighted by Gasteiger charge is -2.10.